The summed E-state index contributed by atoms with van der Waals surface area (Å²) in [5, 5.41) is 12.1. The lowest BCUT2D eigenvalue weighted by atomic mass is 10.2. The molecule has 9 nitrogen and oxygen atoms in total. The highest BCUT2D eigenvalue weighted by Gasteiger charge is 2.20. The van der Waals surface area contributed by atoms with Gasteiger partial charge in [0.2, 0.25) is 5.89 Å². The molecule has 35 heavy (non-hydrogen) atoms. The summed E-state index contributed by atoms with van der Waals surface area (Å²) >= 11 is 6.24. The minimum atomic E-state index is -0.0706. The molecule has 3 N–H and O–H groups in total. The first-order valence-corrected chi connectivity index (χ1v) is 11.8. The topological polar surface area (TPSA) is 116 Å². The average molecular weight is 503 g/mol. The van der Waals surface area contributed by atoms with Crippen LogP contribution < -0.4 is 15.2 Å². The number of rotatable bonds is 8. The number of halogens is 1. The largest absolute Gasteiger partial charge is 0.497 e. The fraction of sp³-hybridized carbons (Fsp3) is 0.360. The van der Waals surface area contributed by atoms with Crippen LogP contribution in [0.2, 0.25) is 5.02 Å². The van der Waals surface area contributed by atoms with Crippen molar-refractivity contribution in [3.05, 3.63) is 64.5 Å². The number of oxime groups is 1. The third-order valence-corrected chi connectivity index (χ3v) is 5.60. The van der Waals surface area contributed by atoms with Gasteiger partial charge in [-0.2, -0.15) is 0 Å². The van der Waals surface area contributed by atoms with E-state index in [4.69, 9.17) is 46.2 Å². The van der Waals surface area contributed by atoms with Crippen molar-refractivity contribution in [1.29, 1.82) is 0 Å². The number of hydrogen-bond donors (Lipinski definition) is 2. The van der Waals surface area contributed by atoms with E-state index in [1.165, 1.54) is 0 Å². The van der Waals surface area contributed by atoms with Gasteiger partial charge in [-0.25, -0.2) is 4.98 Å². The van der Waals surface area contributed by atoms with E-state index in [2.05, 4.69) is 10.1 Å². The number of oxazole rings is 1. The first-order chi connectivity index (χ1) is 17.1. The third kappa shape index (κ3) is 6.88. The third-order valence-electron chi connectivity index (χ3n) is 5.29. The second-order valence-electron chi connectivity index (χ2n) is 7.42. The first-order valence-electron chi connectivity index (χ1n) is 11.4. The maximum Gasteiger partial charge on any atom is 0.226 e. The molecule has 1 aliphatic rings. The number of ether oxygens (including phenoxy) is 3. The molecule has 0 atom stereocenters. The van der Waals surface area contributed by atoms with E-state index < -0.39 is 0 Å². The number of amidine groups is 1. The van der Waals surface area contributed by atoms with Crippen LogP contribution in [-0.2, 0) is 17.9 Å². The van der Waals surface area contributed by atoms with Crippen LogP contribution in [0.5, 0.6) is 11.5 Å². The fourth-order valence-electron chi connectivity index (χ4n) is 3.44. The Morgan fingerprint density at radius 2 is 1.83 bits per heavy atom. The molecule has 0 amide bonds. The van der Waals surface area contributed by atoms with Crippen LogP contribution in [0.3, 0.4) is 0 Å². The molecule has 1 fully saturated rings. The zero-order valence-electron chi connectivity index (χ0n) is 20.2. The van der Waals surface area contributed by atoms with Gasteiger partial charge >= 0.3 is 0 Å². The Bertz CT molecular complexity index is 1110. The molecule has 2 aromatic carbocycles. The second-order valence-corrected chi connectivity index (χ2v) is 7.83. The van der Waals surface area contributed by atoms with Crippen LogP contribution >= 0.6 is 11.6 Å². The lowest BCUT2D eigenvalue weighted by Gasteiger charge is -2.25. The van der Waals surface area contributed by atoms with Gasteiger partial charge in [-0.3, -0.25) is 4.90 Å². The molecular formula is C25H31ClN4O5. The minimum absolute atomic E-state index is 0.0706. The molecule has 3 aromatic rings. The Morgan fingerprint density at radius 3 is 2.46 bits per heavy atom. The molecule has 1 aliphatic heterocycles. The van der Waals surface area contributed by atoms with Crippen molar-refractivity contribution < 1.29 is 23.8 Å². The lowest BCUT2D eigenvalue weighted by Crippen LogP contribution is -2.36. The van der Waals surface area contributed by atoms with Crippen molar-refractivity contribution in [2.75, 3.05) is 33.4 Å². The van der Waals surface area contributed by atoms with Crippen LogP contribution in [0.4, 0.5) is 0 Å². The van der Waals surface area contributed by atoms with Gasteiger partial charge in [0.25, 0.3) is 0 Å². The van der Waals surface area contributed by atoms with E-state index in [9.17, 15) is 0 Å². The fourth-order valence-corrected chi connectivity index (χ4v) is 3.71. The van der Waals surface area contributed by atoms with Gasteiger partial charge in [-0.1, -0.05) is 30.6 Å². The quantitative estimate of drug-likeness (QED) is 0.200. The smallest absolute Gasteiger partial charge is 0.226 e. The summed E-state index contributed by atoms with van der Waals surface area (Å²) in [5.74, 6) is 2.35. The molecular weight excluding hydrogens is 472 g/mol. The molecule has 10 heteroatoms. The van der Waals surface area contributed by atoms with Crippen molar-refractivity contribution in [1.82, 2.24) is 9.88 Å². The molecule has 188 valence electrons. The van der Waals surface area contributed by atoms with Crippen molar-refractivity contribution in [3.63, 3.8) is 0 Å². The zero-order valence-corrected chi connectivity index (χ0v) is 20.9. The summed E-state index contributed by atoms with van der Waals surface area (Å²) < 4.78 is 22.7. The molecule has 0 spiro atoms. The summed E-state index contributed by atoms with van der Waals surface area (Å²) in [5.41, 5.74) is 7.69. The van der Waals surface area contributed by atoms with Gasteiger partial charge in [0, 0.05) is 30.8 Å². The predicted molar refractivity (Wildman–Crippen MR) is 134 cm³/mol. The van der Waals surface area contributed by atoms with Crippen molar-refractivity contribution in [2.24, 2.45) is 10.9 Å². The van der Waals surface area contributed by atoms with Gasteiger partial charge in [0.15, 0.2) is 11.6 Å². The Morgan fingerprint density at radius 1 is 1.14 bits per heavy atom. The maximum atomic E-state index is 8.86. The second kappa shape index (κ2) is 13.0. The summed E-state index contributed by atoms with van der Waals surface area (Å²) in [4.78, 5) is 7.02. The van der Waals surface area contributed by atoms with Crippen LogP contribution in [0, 0.1) is 0 Å². The monoisotopic (exact) mass is 502 g/mol. The number of methoxy groups -OCH3 is 1. The van der Waals surface area contributed by atoms with E-state index in [0.717, 1.165) is 30.1 Å². The minimum Gasteiger partial charge on any atom is -0.497 e. The van der Waals surface area contributed by atoms with Crippen molar-refractivity contribution in [2.45, 2.75) is 27.0 Å². The van der Waals surface area contributed by atoms with Gasteiger partial charge in [0.1, 0.15) is 23.8 Å². The Hall–Kier alpha value is -3.27. The highest BCUT2D eigenvalue weighted by atomic mass is 35.5. The van der Waals surface area contributed by atoms with Crippen molar-refractivity contribution in [3.8, 4) is 23.0 Å². The number of aromatic nitrogens is 1. The highest BCUT2D eigenvalue weighted by molar-refractivity contribution is 6.34. The van der Waals surface area contributed by atoms with E-state index in [1.54, 1.807) is 25.3 Å². The summed E-state index contributed by atoms with van der Waals surface area (Å²) in [7, 11) is 1.62. The van der Waals surface area contributed by atoms with Gasteiger partial charge < -0.3 is 29.6 Å². The van der Waals surface area contributed by atoms with E-state index in [1.807, 2.05) is 38.1 Å². The molecule has 0 saturated carbocycles. The van der Waals surface area contributed by atoms with E-state index in [0.29, 0.717) is 47.7 Å². The lowest BCUT2D eigenvalue weighted by molar-refractivity contribution is 0.0333. The molecule has 0 unspecified atom stereocenters. The molecule has 0 aliphatic carbocycles. The Kier molecular flexibility index (Phi) is 9.77. The highest BCUT2D eigenvalue weighted by Crippen LogP contribution is 2.28. The van der Waals surface area contributed by atoms with Crippen LogP contribution in [0.25, 0.3) is 11.5 Å². The van der Waals surface area contributed by atoms with Crippen LogP contribution in [0.15, 0.2) is 52.0 Å². The van der Waals surface area contributed by atoms with Gasteiger partial charge in [-0.05, 0) is 42.5 Å². The van der Waals surface area contributed by atoms with E-state index >= 15 is 0 Å². The Labute approximate surface area is 210 Å². The molecule has 1 saturated heterocycles. The normalized spacial score (nSPS) is 14.2. The van der Waals surface area contributed by atoms with Crippen LogP contribution in [0.1, 0.15) is 30.9 Å². The SMILES string of the molecule is CC.COc1ccc(-c2nc(CN3CCOCC3)c(COc3ccc(/C(N)=N/O)c(Cl)c3)o2)cc1. The Balaban J connectivity index is 0.00000167. The average Bonchev–Trinajstić information content (AvgIpc) is 3.31. The number of morpholine rings is 1. The summed E-state index contributed by atoms with van der Waals surface area (Å²) in [6, 6.07) is 12.5. The molecule has 2 heterocycles. The molecule has 0 radical (unpaired) electrons. The summed E-state index contributed by atoms with van der Waals surface area (Å²) in [6.07, 6.45) is 0. The molecule has 1 aromatic heterocycles. The summed E-state index contributed by atoms with van der Waals surface area (Å²) in [6.45, 7) is 7.85. The molecule has 4 rings (SSSR count). The standard InChI is InChI=1S/C23H25ClN4O5.C2H6/c1-30-16-4-2-15(3-5-16)23-26-20(13-28-8-10-31-11-9-28)21(33-23)14-32-17-6-7-18(19(24)12-17)22(25)27-29;1-2/h2-7,12,29H,8-11,13-14H2,1H3,(H2,25,27);1-2H3. The predicted octanol–water partition coefficient (Wildman–Crippen LogP) is 4.54. The number of hydrogen-bond acceptors (Lipinski definition) is 8. The first kappa shape index (κ1) is 26.3. The van der Waals surface area contributed by atoms with E-state index in [-0.39, 0.29) is 12.4 Å². The number of nitrogens with zero attached hydrogens (tertiary/aromatic N) is 3. The van der Waals surface area contributed by atoms with Crippen LogP contribution in [-0.4, -0.2) is 54.3 Å². The van der Waals surface area contributed by atoms with Gasteiger partial charge in [-0.15, -0.1) is 0 Å². The number of benzene rings is 2. The maximum absolute atomic E-state index is 8.86. The zero-order chi connectivity index (χ0) is 25.2. The molecule has 0 bridgehead atoms. The van der Waals surface area contributed by atoms with Gasteiger partial charge in [0.05, 0.1) is 25.3 Å². The van der Waals surface area contributed by atoms with Crippen molar-refractivity contribution >= 4 is 17.4 Å². The number of nitrogens with two attached hydrogens (primary N) is 1.